The molecule has 5 nitrogen and oxygen atoms in total. The predicted octanol–water partition coefficient (Wildman–Crippen LogP) is 1.87. The quantitative estimate of drug-likeness (QED) is 0.811. The molecule has 0 aliphatic rings. The summed E-state index contributed by atoms with van der Waals surface area (Å²) >= 11 is 6.12. The largest absolute Gasteiger partial charge is 0.310 e. The maximum absolute atomic E-state index is 6.12. The Balaban J connectivity index is 2.05. The Morgan fingerprint density at radius 2 is 2.17 bits per heavy atom. The normalized spacial score (nSPS) is 10.8. The van der Waals surface area contributed by atoms with Gasteiger partial charge in [-0.3, -0.25) is 0 Å². The summed E-state index contributed by atoms with van der Waals surface area (Å²) in [6.07, 6.45) is 1.09. The van der Waals surface area contributed by atoms with Crippen LogP contribution in [0.5, 0.6) is 0 Å². The van der Waals surface area contributed by atoms with Gasteiger partial charge in [0.1, 0.15) is 0 Å². The van der Waals surface area contributed by atoms with Crippen LogP contribution in [0.25, 0.3) is 0 Å². The lowest BCUT2D eigenvalue weighted by atomic mass is 10.2. The van der Waals surface area contributed by atoms with E-state index in [0.717, 1.165) is 29.4 Å². The fraction of sp³-hybridized carbons (Fsp3) is 0.417. The Kier molecular flexibility index (Phi) is 4.66. The molecule has 0 fully saturated rings. The van der Waals surface area contributed by atoms with E-state index < -0.39 is 0 Å². The van der Waals surface area contributed by atoms with Crippen LogP contribution in [0.15, 0.2) is 24.3 Å². The van der Waals surface area contributed by atoms with Crippen molar-refractivity contribution in [3.05, 3.63) is 40.7 Å². The monoisotopic (exact) mass is 265 g/mol. The highest BCUT2D eigenvalue weighted by atomic mass is 35.5. The third kappa shape index (κ3) is 3.27. The summed E-state index contributed by atoms with van der Waals surface area (Å²) in [5.74, 6) is 0.823. The molecule has 1 aromatic carbocycles. The lowest BCUT2D eigenvalue weighted by Crippen LogP contribution is -2.18. The number of hydrogen-bond donors (Lipinski definition) is 1. The van der Waals surface area contributed by atoms with Gasteiger partial charge >= 0.3 is 0 Å². The van der Waals surface area contributed by atoms with Crippen LogP contribution in [0.4, 0.5) is 0 Å². The molecule has 0 radical (unpaired) electrons. The molecule has 0 saturated carbocycles. The topological polar surface area (TPSA) is 55.6 Å². The van der Waals surface area contributed by atoms with Gasteiger partial charge in [-0.25, -0.2) is 4.68 Å². The number of aromatic nitrogens is 4. The zero-order chi connectivity index (χ0) is 12.8. The number of halogens is 1. The summed E-state index contributed by atoms with van der Waals surface area (Å²) in [5, 5.41) is 15.7. The second-order valence-corrected chi connectivity index (χ2v) is 4.43. The summed E-state index contributed by atoms with van der Waals surface area (Å²) in [6, 6.07) is 7.72. The van der Waals surface area contributed by atoms with Crippen molar-refractivity contribution < 1.29 is 0 Å². The van der Waals surface area contributed by atoms with Crippen molar-refractivity contribution in [1.29, 1.82) is 0 Å². The third-order valence-corrected chi connectivity index (χ3v) is 2.96. The Hall–Kier alpha value is -1.46. The first kappa shape index (κ1) is 13.0. The van der Waals surface area contributed by atoms with E-state index in [2.05, 4.69) is 27.8 Å². The van der Waals surface area contributed by atoms with Crippen LogP contribution in [-0.4, -0.2) is 26.8 Å². The molecule has 1 aromatic heterocycles. The Labute approximate surface area is 111 Å². The van der Waals surface area contributed by atoms with Gasteiger partial charge in [-0.15, -0.1) is 5.10 Å². The van der Waals surface area contributed by atoms with Gasteiger partial charge in [0, 0.05) is 5.02 Å². The molecule has 6 heteroatoms. The summed E-state index contributed by atoms with van der Waals surface area (Å²) in [6.45, 7) is 4.35. The molecule has 18 heavy (non-hydrogen) atoms. The minimum absolute atomic E-state index is 0.593. The minimum atomic E-state index is 0.593. The molecule has 2 rings (SSSR count). The third-order valence-electron chi connectivity index (χ3n) is 2.59. The number of tetrazole rings is 1. The predicted molar refractivity (Wildman–Crippen MR) is 70.4 cm³/mol. The summed E-state index contributed by atoms with van der Waals surface area (Å²) in [7, 11) is 0. The highest BCUT2D eigenvalue weighted by Crippen LogP contribution is 2.15. The van der Waals surface area contributed by atoms with Crippen molar-refractivity contribution in [2.45, 2.75) is 26.4 Å². The van der Waals surface area contributed by atoms with Crippen LogP contribution in [0.2, 0.25) is 5.02 Å². The van der Waals surface area contributed by atoms with Crippen LogP contribution >= 0.6 is 11.6 Å². The average molecular weight is 266 g/mol. The number of benzene rings is 1. The second kappa shape index (κ2) is 6.47. The highest BCUT2D eigenvalue weighted by molar-refractivity contribution is 6.31. The number of rotatable bonds is 6. The van der Waals surface area contributed by atoms with E-state index >= 15 is 0 Å². The van der Waals surface area contributed by atoms with Gasteiger partial charge < -0.3 is 5.32 Å². The molecular formula is C12H16ClN5. The maximum Gasteiger partial charge on any atom is 0.165 e. The lowest BCUT2D eigenvalue weighted by molar-refractivity contribution is 0.577. The zero-order valence-electron chi connectivity index (χ0n) is 10.3. The van der Waals surface area contributed by atoms with Crippen LogP contribution in [-0.2, 0) is 13.1 Å². The number of nitrogens with zero attached hydrogens (tertiary/aromatic N) is 4. The summed E-state index contributed by atoms with van der Waals surface area (Å²) in [4.78, 5) is 0. The Morgan fingerprint density at radius 1 is 1.33 bits per heavy atom. The molecule has 0 bridgehead atoms. The molecule has 2 aromatic rings. The molecule has 1 heterocycles. The van der Waals surface area contributed by atoms with Gasteiger partial charge in [-0.1, -0.05) is 36.7 Å². The van der Waals surface area contributed by atoms with Crippen molar-refractivity contribution in [1.82, 2.24) is 25.5 Å². The number of nitrogens with one attached hydrogen (secondary N) is 1. The average Bonchev–Trinajstić information content (AvgIpc) is 2.80. The first-order chi connectivity index (χ1) is 8.81. The first-order valence-electron chi connectivity index (χ1n) is 6.00. The van der Waals surface area contributed by atoms with Gasteiger partial charge in [0.2, 0.25) is 0 Å². The summed E-state index contributed by atoms with van der Waals surface area (Å²) < 4.78 is 1.77. The smallest absolute Gasteiger partial charge is 0.165 e. The van der Waals surface area contributed by atoms with Crippen molar-refractivity contribution >= 4 is 11.6 Å². The van der Waals surface area contributed by atoms with E-state index in [9.17, 15) is 0 Å². The standard InChI is InChI=1S/C12H16ClN5/c1-2-7-14-8-12-15-16-17-18(12)9-10-5-3-4-6-11(10)13/h3-6,14H,2,7-9H2,1H3. The lowest BCUT2D eigenvalue weighted by Gasteiger charge is -2.06. The fourth-order valence-electron chi connectivity index (χ4n) is 1.64. The fourth-order valence-corrected chi connectivity index (χ4v) is 1.83. The van der Waals surface area contributed by atoms with E-state index in [0.29, 0.717) is 13.1 Å². The van der Waals surface area contributed by atoms with Gasteiger partial charge in [0.25, 0.3) is 0 Å². The molecule has 0 unspecified atom stereocenters. The molecule has 96 valence electrons. The van der Waals surface area contributed by atoms with Crippen molar-refractivity contribution in [3.8, 4) is 0 Å². The molecule has 0 aliphatic carbocycles. The molecule has 0 spiro atoms. The maximum atomic E-state index is 6.12. The Morgan fingerprint density at radius 3 is 2.94 bits per heavy atom. The SMILES string of the molecule is CCCNCc1nnnn1Cc1ccccc1Cl. The van der Waals surface area contributed by atoms with Gasteiger partial charge in [-0.2, -0.15) is 0 Å². The molecule has 0 aliphatic heterocycles. The first-order valence-corrected chi connectivity index (χ1v) is 6.38. The van der Waals surface area contributed by atoms with Crippen LogP contribution in [0.3, 0.4) is 0 Å². The van der Waals surface area contributed by atoms with Crippen molar-refractivity contribution in [2.24, 2.45) is 0 Å². The summed E-state index contributed by atoms with van der Waals surface area (Å²) in [5.41, 5.74) is 1.02. The van der Waals surface area contributed by atoms with Gasteiger partial charge in [-0.05, 0) is 35.0 Å². The Bertz CT molecular complexity index is 497. The van der Waals surface area contributed by atoms with E-state index in [1.54, 1.807) is 4.68 Å². The van der Waals surface area contributed by atoms with Gasteiger partial charge in [0.05, 0.1) is 13.1 Å². The second-order valence-electron chi connectivity index (χ2n) is 4.02. The van der Waals surface area contributed by atoms with E-state index in [-0.39, 0.29) is 0 Å². The van der Waals surface area contributed by atoms with Crippen LogP contribution < -0.4 is 5.32 Å². The zero-order valence-corrected chi connectivity index (χ0v) is 11.1. The molecule has 1 N–H and O–H groups in total. The molecule has 0 saturated heterocycles. The van der Waals surface area contributed by atoms with E-state index in [1.807, 2.05) is 24.3 Å². The highest BCUT2D eigenvalue weighted by Gasteiger charge is 2.07. The van der Waals surface area contributed by atoms with Crippen LogP contribution in [0, 0.1) is 0 Å². The molecular weight excluding hydrogens is 250 g/mol. The van der Waals surface area contributed by atoms with Crippen LogP contribution in [0.1, 0.15) is 24.7 Å². The minimum Gasteiger partial charge on any atom is -0.310 e. The number of hydrogen-bond acceptors (Lipinski definition) is 4. The van der Waals surface area contributed by atoms with E-state index in [1.165, 1.54) is 0 Å². The van der Waals surface area contributed by atoms with E-state index in [4.69, 9.17) is 11.6 Å². The molecule has 0 amide bonds. The van der Waals surface area contributed by atoms with Gasteiger partial charge in [0.15, 0.2) is 5.82 Å². The molecule has 0 atom stereocenters. The van der Waals surface area contributed by atoms with Crippen molar-refractivity contribution in [3.63, 3.8) is 0 Å². The van der Waals surface area contributed by atoms with Crippen molar-refractivity contribution in [2.75, 3.05) is 6.54 Å².